The number of hydrogen-bond acceptors (Lipinski definition) is 3. The SMILES string of the molecule is N#CCC=O.c1ccsc1. The molecular weight excluding hydrogens is 146 g/mol. The van der Waals surface area contributed by atoms with Crippen LogP contribution in [0.3, 0.4) is 0 Å². The molecule has 0 fully saturated rings. The second-order valence-corrected chi connectivity index (χ2v) is 2.14. The van der Waals surface area contributed by atoms with Gasteiger partial charge in [0.25, 0.3) is 0 Å². The topological polar surface area (TPSA) is 40.9 Å². The normalized spacial score (nSPS) is 6.70. The predicted molar refractivity (Wildman–Crippen MR) is 40.6 cm³/mol. The Morgan fingerprint density at radius 3 is 2.20 bits per heavy atom. The van der Waals surface area contributed by atoms with E-state index in [1.807, 2.05) is 22.9 Å². The molecule has 0 aliphatic heterocycles. The van der Waals surface area contributed by atoms with Crippen molar-refractivity contribution >= 4 is 17.6 Å². The van der Waals surface area contributed by atoms with Gasteiger partial charge in [0.15, 0.2) is 0 Å². The van der Waals surface area contributed by atoms with E-state index in [9.17, 15) is 4.79 Å². The molecule has 1 rings (SSSR count). The molecule has 3 heteroatoms. The van der Waals surface area contributed by atoms with E-state index in [2.05, 4.69) is 0 Å². The summed E-state index contributed by atoms with van der Waals surface area (Å²) in [5, 5.41) is 11.7. The maximum Gasteiger partial charge on any atom is 0.134 e. The summed E-state index contributed by atoms with van der Waals surface area (Å²) in [5.74, 6) is 0. The zero-order valence-corrected chi connectivity index (χ0v) is 6.17. The number of carbonyl (C=O) groups is 1. The van der Waals surface area contributed by atoms with Gasteiger partial charge in [0.05, 0.1) is 12.5 Å². The van der Waals surface area contributed by atoms with Gasteiger partial charge in [0, 0.05) is 0 Å². The average Bonchev–Trinajstić information content (AvgIpc) is 2.44. The van der Waals surface area contributed by atoms with Crippen LogP contribution in [0.4, 0.5) is 0 Å². The van der Waals surface area contributed by atoms with Crippen molar-refractivity contribution in [2.24, 2.45) is 0 Å². The second-order valence-electron chi connectivity index (χ2n) is 1.32. The van der Waals surface area contributed by atoms with E-state index in [0.717, 1.165) is 0 Å². The van der Waals surface area contributed by atoms with Crippen LogP contribution in [0.25, 0.3) is 0 Å². The first-order valence-corrected chi connectivity index (χ1v) is 3.64. The molecule has 0 atom stereocenters. The quantitative estimate of drug-likeness (QED) is 0.578. The lowest BCUT2D eigenvalue weighted by molar-refractivity contribution is -0.107. The number of carbonyl (C=O) groups excluding carboxylic acids is 1. The molecule has 1 heterocycles. The third kappa shape index (κ3) is 6.86. The van der Waals surface area contributed by atoms with Crippen molar-refractivity contribution in [3.05, 3.63) is 22.9 Å². The van der Waals surface area contributed by atoms with Gasteiger partial charge < -0.3 is 4.79 Å². The maximum absolute atomic E-state index is 9.18. The van der Waals surface area contributed by atoms with Gasteiger partial charge >= 0.3 is 0 Å². The Balaban J connectivity index is 0.000000162. The lowest BCUT2D eigenvalue weighted by Crippen LogP contribution is -1.60. The second kappa shape index (κ2) is 7.86. The summed E-state index contributed by atoms with van der Waals surface area (Å²) in [6.45, 7) is 0. The number of hydrogen-bond donors (Lipinski definition) is 0. The lowest BCUT2D eigenvalue weighted by atomic mass is 10.5. The highest BCUT2D eigenvalue weighted by molar-refractivity contribution is 7.07. The van der Waals surface area contributed by atoms with Gasteiger partial charge in [0.2, 0.25) is 0 Å². The van der Waals surface area contributed by atoms with E-state index in [-0.39, 0.29) is 6.42 Å². The summed E-state index contributed by atoms with van der Waals surface area (Å²) in [6.07, 6.45) is 0.583. The molecule has 0 aliphatic carbocycles. The molecule has 10 heavy (non-hydrogen) atoms. The molecule has 1 aromatic heterocycles. The van der Waals surface area contributed by atoms with E-state index in [1.165, 1.54) is 0 Å². The summed E-state index contributed by atoms with van der Waals surface area (Å²) < 4.78 is 0. The molecule has 0 aliphatic rings. The third-order valence-electron chi connectivity index (χ3n) is 0.600. The Morgan fingerprint density at radius 2 is 2.10 bits per heavy atom. The molecule has 0 saturated heterocycles. The van der Waals surface area contributed by atoms with Crippen LogP contribution in [0.2, 0.25) is 0 Å². The summed E-state index contributed by atoms with van der Waals surface area (Å²) in [6, 6.07) is 5.69. The third-order valence-corrected chi connectivity index (χ3v) is 1.23. The number of rotatable bonds is 1. The molecular formula is C7H7NOS. The molecule has 0 N–H and O–H groups in total. The molecule has 2 nitrogen and oxygen atoms in total. The molecule has 1 aromatic rings. The standard InChI is InChI=1S/C4H4S.C3H3NO/c1-2-4-5-3-1;4-2-1-3-5/h1-4H;3H,1H2. The minimum absolute atomic E-state index is 0.0139. The molecule has 0 unspecified atom stereocenters. The number of thiophene rings is 1. The van der Waals surface area contributed by atoms with Crippen LogP contribution in [0, 0.1) is 11.3 Å². The fourth-order valence-electron chi connectivity index (χ4n) is 0.264. The van der Waals surface area contributed by atoms with Crippen LogP contribution in [0.1, 0.15) is 6.42 Å². The van der Waals surface area contributed by atoms with Crippen LogP contribution >= 0.6 is 11.3 Å². The van der Waals surface area contributed by atoms with Gasteiger partial charge in [-0.2, -0.15) is 16.6 Å². The molecule has 52 valence electrons. The lowest BCUT2D eigenvalue weighted by Gasteiger charge is -1.50. The monoisotopic (exact) mass is 153 g/mol. The minimum Gasteiger partial charge on any atom is -0.302 e. The number of aldehydes is 1. The minimum atomic E-state index is 0.0139. The Bertz CT molecular complexity index is 171. The zero-order chi connectivity index (χ0) is 7.66. The van der Waals surface area contributed by atoms with Crippen molar-refractivity contribution in [3.63, 3.8) is 0 Å². The fraction of sp³-hybridized carbons (Fsp3) is 0.143. The van der Waals surface area contributed by atoms with Crippen LogP contribution < -0.4 is 0 Å². The van der Waals surface area contributed by atoms with E-state index in [1.54, 1.807) is 17.4 Å². The van der Waals surface area contributed by atoms with Gasteiger partial charge in [0.1, 0.15) is 6.29 Å². The Kier molecular flexibility index (Phi) is 6.96. The Hall–Kier alpha value is -1.14. The molecule has 0 aromatic carbocycles. The van der Waals surface area contributed by atoms with Gasteiger partial charge in [-0.1, -0.05) is 12.1 Å². The molecule has 0 saturated carbocycles. The highest BCUT2D eigenvalue weighted by Gasteiger charge is 1.63. The number of nitrogens with zero attached hydrogens (tertiary/aromatic N) is 1. The van der Waals surface area contributed by atoms with Crippen LogP contribution in [-0.4, -0.2) is 6.29 Å². The molecule has 0 bridgehead atoms. The summed E-state index contributed by atoms with van der Waals surface area (Å²) in [4.78, 5) is 9.18. The fourth-order valence-corrected chi connectivity index (χ4v) is 0.718. The van der Waals surface area contributed by atoms with Gasteiger partial charge in [-0.05, 0) is 10.8 Å². The zero-order valence-electron chi connectivity index (χ0n) is 5.36. The van der Waals surface area contributed by atoms with E-state index < -0.39 is 0 Å². The summed E-state index contributed by atoms with van der Waals surface area (Å²) >= 11 is 1.71. The smallest absolute Gasteiger partial charge is 0.134 e. The van der Waals surface area contributed by atoms with E-state index >= 15 is 0 Å². The first kappa shape index (κ1) is 8.86. The van der Waals surface area contributed by atoms with Crippen molar-refractivity contribution in [2.45, 2.75) is 6.42 Å². The maximum atomic E-state index is 9.18. The van der Waals surface area contributed by atoms with Gasteiger partial charge in [-0.3, -0.25) is 0 Å². The van der Waals surface area contributed by atoms with Crippen LogP contribution in [0.5, 0.6) is 0 Å². The average molecular weight is 153 g/mol. The predicted octanol–water partition coefficient (Wildman–Crippen LogP) is 1.85. The van der Waals surface area contributed by atoms with Crippen molar-refractivity contribution in [2.75, 3.05) is 0 Å². The summed E-state index contributed by atoms with van der Waals surface area (Å²) in [7, 11) is 0. The Morgan fingerprint density at radius 1 is 1.50 bits per heavy atom. The van der Waals surface area contributed by atoms with Gasteiger partial charge in [-0.25, -0.2) is 0 Å². The van der Waals surface area contributed by atoms with E-state index in [4.69, 9.17) is 5.26 Å². The summed E-state index contributed by atoms with van der Waals surface area (Å²) in [5.41, 5.74) is 0. The highest BCUT2D eigenvalue weighted by atomic mass is 32.1. The van der Waals surface area contributed by atoms with Crippen molar-refractivity contribution in [3.8, 4) is 6.07 Å². The van der Waals surface area contributed by atoms with Crippen LogP contribution in [0.15, 0.2) is 22.9 Å². The molecule has 0 amide bonds. The van der Waals surface area contributed by atoms with Crippen molar-refractivity contribution < 1.29 is 4.79 Å². The first-order chi connectivity index (χ1) is 4.91. The molecule has 0 spiro atoms. The largest absolute Gasteiger partial charge is 0.302 e. The number of nitriles is 1. The van der Waals surface area contributed by atoms with Crippen LogP contribution in [-0.2, 0) is 4.79 Å². The Labute approximate surface area is 63.7 Å². The molecule has 0 radical (unpaired) electrons. The first-order valence-electron chi connectivity index (χ1n) is 2.69. The van der Waals surface area contributed by atoms with E-state index in [0.29, 0.717) is 6.29 Å². The van der Waals surface area contributed by atoms with Crippen molar-refractivity contribution in [1.29, 1.82) is 5.26 Å². The highest BCUT2D eigenvalue weighted by Crippen LogP contribution is 1.91. The van der Waals surface area contributed by atoms with Crippen molar-refractivity contribution in [1.82, 2.24) is 0 Å². The van der Waals surface area contributed by atoms with Gasteiger partial charge in [-0.15, -0.1) is 0 Å².